The zero-order valence-electron chi connectivity index (χ0n) is 7.94. The van der Waals surface area contributed by atoms with E-state index in [0.717, 1.165) is 5.03 Å². The Morgan fingerprint density at radius 3 is 3.20 bits per heavy atom. The van der Waals surface area contributed by atoms with Gasteiger partial charge < -0.3 is 10.1 Å². The van der Waals surface area contributed by atoms with Gasteiger partial charge in [-0.05, 0) is 6.07 Å². The van der Waals surface area contributed by atoms with Crippen LogP contribution < -0.4 is 5.32 Å². The van der Waals surface area contributed by atoms with E-state index in [0.29, 0.717) is 17.0 Å². The van der Waals surface area contributed by atoms with Crippen LogP contribution in [0.3, 0.4) is 0 Å². The maximum absolute atomic E-state index is 11.2. The van der Waals surface area contributed by atoms with Crippen LogP contribution in [0, 0.1) is 0 Å². The van der Waals surface area contributed by atoms with Crippen LogP contribution in [0.4, 0.5) is 5.69 Å². The Morgan fingerprint density at radius 1 is 1.67 bits per heavy atom. The van der Waals surface area contributed by atoms with Gasteiger partial charge in [-0.25, -0.2) is 9.78 Å². The number of carbonyl (C=O) groups excluding carboxylic acids is 2. The molecule has 5 nitrogen and oxygen atoms in total. The molecule has 1 aromatic rings. The summed E-state index contributed by atoms with van der Waals surface area (Å²) in [5, 5.41) is 3.37. The zero-order chi connectivity index (χ0) is 10.8. The predicted octanol–water partition coefficient (Wildman–Crippen LogP) is 0.912. The first-order valence-corrected chi connectivity index (χ1v) is 5.20. The first-order chi connectivity index (χ1) is 7.20. The van der Waals surface area contributed by atoms with Crippen molar-refractivity contribution >= 4 is 29.3 Å². The summed E-state index contributed by atoms with van der Waals surface area (Å²) in [5.41, 5.74) is 0.901. The maximum atomic E-state index is 11.2. The van der Waals surface area contributed by atoms with Gasteiger partial charge in [-0.15, -0.1) is 0 Å². The van der Waals surface area contributed by atoms with Crippen LogP contribution in [0.1, 0.15) is 10.4 Å². The summed E-state index contributed by atoms with van der Waals surface area (Å²) in [5.74, 6) is -0.191. The van der Waals surface area contributed by atoms with E-state index in [1.54, 1.807) is 6.07 Å². The van der Waals surface area contributed by atoms with Crippen molar-refractivity contribution in [1.82, 2.24) is 4.98 Å². The maximum Gasteiger partial charge on any atom is 0.339 e. The minimum absolute atomic E-state index is 0.0867. The number of thioether (sulfide) groups is 1. The van der Waals surface area contributed by atoms with E-state index in [1.165, 1.54) is 25.1 Å². The molecule has 6 heteroatoms. The van der Waals surface area contributed by atoms with Crippen LogP contribution >= 0.6 is 11.8 Å². The Kier molecular flexibility index (Phi) is 2.59. The second-order valence-electron chi connectivity index (χ2n) is 2.91. The van der Waals surface area contributed by atoms with Gasteiger partial charge in [0.1, 0.15) is 5.03 Å². The summed E-state index contributed by atoms with van der Waals surface area (Å²) in [6.07, 6.45) is 1.44. The highest BCUT2D eigenvalue weighted by atomic mass is 32.2. The molecule has 2 rings (SSSR count). The van der Waals surface area contributed by atoms with E-state index >= 15 is 0 Å². The molecule has 0 aromatic carbocycles. The Balaban J connectivity index is 2.36. The van der Waals surface area contributed by atoms with Gasteiger partial charge in [0.25, 0.3) is 0 Å². The molecule has 0 unspecified atom stereocenters. The number of carbonyl (C=O) groups is 2. The lowest BCUT2D eigenvalue weighted by atomic mass is 10.2. The molecule has 0 bridgehead atoms. The van der Waals surface area contributed by atoms with Crippen molar-refractivity contribution in [3.63, 3.8) is 0 Å². The van der Waals surface area contributed by atoms with Crippen LogP contribution in [-0.4, -0.2) is 29.7 Å². The van der Waals surface area contributed by atoms with Crippen LogP contribution in [0.5, 0.6) is 0 Å². The molecule has 0 atom stereocenters. The van der Waals surface area contributed by atoms with Crippen molar-refractivity contribution in [2.45, 2.75) is 5.03 Å². The summed E-state index contributed by atoms with van der Waals surface area (Å²) in [4.78, 5) is 26.4. The highest BCUT2D eigenvalue weighted by Gasteiger charge is 2.18. The first-order valence-electron chi connectivity index (χ1n) is 4.21. The van der Waals surface area contributed by atoms with Gasteiger partial charge in [0.15, 0.2) is 0 Å². The molecule has 1 N–H and O–H groups in total. The van der Waals surface area contributed by atoms with Gasteiger partial charge >= 0.3 is 5.97 Å². The molecular formula is C9H8N2O3S. The number of amides is 1. The molecule has 0 saturated heterocycles. The third-order valence-corrected chi connectivity index (χ3v) is 2.89. The van der Waals surface area contributed by atoms with E-state index in [1.807, 2.05) is 0 Å². The van der Waals surface area contributed by atoms with Gasteiger partial charge in [-0.1, -0.05) is 11.8 Å². The van der Waals surface area contributed by atoms with Crippen molar-refractivity contribution in [2.75, 3.05) is 18.2 Å². The lowest BCUT2D eigenvalue weighted by Gasteiger charge is -2.15. The second kappa shape index (κ2) is 3.90. The largest absolute Gasteiger partial charge is 0.465 e. The average Bonchev–Trinajstić information content (AvgIpc) is 2.27. The Labute approximate surface area is 90.2 Å². The molecule has 1 aliphatic heterocycles. The first kappa shape index (κ1) is 9.97. The predicted molar refractivity (Wildman–Crippen MR) is 54.9 cm³/mol. The summed E-state index contributed by atoms with van der Waals surface area (Å²) >= 11 is 1.35. The van der Waals surface area contributed by atoms with Crippen LogP contribution in [-0.2, 0) is 9.53 Å². The molecular weight excluding hydrogens is 216 g/mol. The van der Waals surface area contributed by atoms with E-state index in [-0.39, 0.29) is 5.91 Å². The summed E-state index contributed by atoms with van der Waals surface area (Å²) in [6.45, 7) is 0. The van der Waals surface area contributed by atoms with Gasteiger partial charge in [0.05, 0.1) is 24.1 Å². The smallest absolute Gasteiger partial charge is 0.339 e. The Bertz CT molecular complexity index is 433. The van der Waals surface area contributed by atoms with Crippen LogP contribution in [0.15, 0.2) is 17.3 Å². The highest BCUT2D eigenvalue weighted by molar-refractivity contribution is 8.00. The van der Waals surface area contributed by atoms with Crippen molar-refractivity contribution < 1.29 is 14.3 Å². The summed E-state index contributed by atoms with van der Waals surface area (Å²) in [6, 6.07) is 1.57. The van der Waals surface area contributed by atoms with Crippen LogP contribution in [0.25, 0.3) is 0 Å². The number of nitrogens with one attached hydrogen (secondary N) is 1. The monoisotopic (exact) mass is 224 g/mol. The third-order valence-electron chi connectivity index (χ3n) is 1.89. The van der Waals surface area contributed by atoms with Crippen molar-refractivity contribution in [1.29, 1.82) is 0 Å². The lowest BCUT2D eigenvalue weighted by Crippen LogP contribution is -2.20. The molecule has 0 radical (unpaired) electrons. The number of hydrogen-bond donors (Lipinski definition) is 1. The number of hydrogen-bond acceptors (Lipinski definition) is 5. The number of esters is 1. The van der Waals surface area contributed by atoms with Crippen LogP contribution in [0.2, 0.25) is 0 Å². The topological polar surface area (TPSA) is 68.3 Å². The number of pyridine rings is 1. The van der Waals surface area contributed by atoms with E-state index in [9.17, 15) is 9.59 Å². The summed E-state index contributed by atoms with van der Waals surface area (Å²) < 4.78 is 4.56. The number of aromatic nitrogens is 1. The van der Waals surface area contributed by atoms with Gasteiger partial charge in [0.2, 0.25) is 5.91 Å². The highest BCUT2D eigenvalue weighted by Crippen LogP contribution is 2.29. The SMILES string of the molecule is COC(=O)c1cnc2c(c1)NC(=O)CS2. The average molecular weight is 224 g/mol. The van der Waals surface area contributed by atoms with Gasteiger partial charge in [-0.2, -0.15) is 0 Å². The number of anilines is 1. The minimum atomic E-state index is -0.463. The van der Waals surface area contributed by atoms with Crippen molar-refractivity contribution in [3.8, 4) is 0 Å². The Morgan fingerprint density at radius 2 is 2.47 bits per heavy atom. The standard InChI is InChI=1S/C9H8N2O3S/c1-14-9(13)5-2-6-8(10-3-5)15-4-7(12)11-6/h2-3H,4H2,1H3,(H,11,12). The second-order valence-corrected chi connectivity index (χ2v) is 3.87. The molecule has 1 aliphatic rings. The minimum Gasteiger partial charge on any atom is -0.465 e. The molecule has 1 amide bonds. The van der Waals surface area contributed by atoms with E-state index in [2.05, 4.69) is 15.0 Å². The fourth-order valence-corrected chi connectivity index (χ4v) is 1.94. The number of ether oxygens (including phenoxy) is 1. The molecule has 0 aliphatic carbocycles. The molecule has 78 valence electrons. The molecule has 0 saturated carbocycles. The molecule has 0 fully saturated rings. The normalized spacial score (nSPS) is 14.1. The number of nitrogens with zero attached hydrogens (tertiary/aromatic N) is 1. The van der Waals surface area contributed by atoms with Crippen molar-refractivity contribution in [3.05, 3.63) is 17.8 Å². The molecule has 2 heterocycles. The number of fused-ring (bicyclic) bond motifs is 1. The fourth-order valence-electron chi connectivity index (χ4n) is 1.21. The molecule has 0 spiro atoms. The van der Waals surface area contributed by atoms with Gasteiger partial charge in [0, 0.05) is 6.20 Å². The Hall–Kier alpha value is -1.56. The zero-order valence-corrected chi connectivity index (χ0v) is 8.76. The quantitative estimate of drug-likeness (QED) is 0.718. The summed E-state index contributed by atoms with van der Waals surface area (Å²) in [7, 11) is 1.30. The third kappa shape index (κ3) is 1.94. The van der Waals surface area contributed by atoms with E-state index < -0.39 is 5.97 Å². The number of rotatable bonds is 1. The fraction of sp³-hybridized carbons (Fsp3) is 0.222. The molecule has 15 heavy (non-hydrogen) atoms. The van der Waals surface area contributed by atoms with E-state index in [4.69, 9.17) is 0 Å². The molecule has 1 aromatic heterocycles. The van der Waals surface area contributed by atoms with Gasteiger partial charge in [-0.3, -0.25) is 4.79 Å². The lowest BCUT2D eigenvalue weighted by molar-refractivity contribution is -0.113. The number of methoxy groups -OCH3 is 1. The van der Waals surface area contributed by atoms with Crippen molar-refractivity contribution in [2.24, 2.45) is 0 Å².